The van der Waals surface area contributed by atoms with Gasteiger partial charge in [0.15, 0.2) is 18.9 Å². The van der Waals surface area contributed by atoms with Crippen molar-refractivity contribution in [3.05, 3.63) is 12.2 Å². The first kappa shape index (κ1) is 50.0. The lowest BCUT2D eigenvalue weighted by atomic mass is 9.32. The topological polar surface area (TPSA) is 287 Å². The van der Waals surface area contributed by atoms with Crippen molar-refractivity contribution >= 4 is 0 Å². The first-order chi connectivity index (χ1) is 30.9. The maximum absolute atomic E-state index is 12.2. The van der Waals surface area contributed by atoms with Gasteiger partial charge in [0.2, 0.25) is 0 Å². The zero-order chi connectivity index (χ0) is 47.9. The molecule has 4 saturated heterocycles. The van der Waals surface area contributed by atoms with Gasteiger partial charge in [-0.05, 0) is 86.4 Å². The fourth-order valence-corrected chi connectivity index (χ4v) is 15.8. The van der Waals surface area contributed by atoms with Crippen molar-refractivity contribution in [1.82, 2.24) is 0 Å². The molecule has 378 valence electrons. The van der Waals surface area contributed by atoms with E-state index in [1.807, 2.05) is 6.92 Å². The molecule has 1 unspecified atom stereocenters. The number of rotatable bonds is 9. The second kappa shape index (κ2) is 17.1. The minimum atomic E-state index is -1.90. The van der Waals surface area contributed by atoms with E-state index in [1.54, 1.807) is 6.92 Å². The smallest absolute Gasteiger partial charge is 0.187 e. The van der Waals surface area contributed by atoms with E-state index >= 15 is 0 Å². The third-order valence-corrected chi connectivity index (χ3v) is 20.0. The highest BCUT2D eigenvalue weighted by molar-refractivity contribution is 5.36. The van der Waals surface area contributed by atoms with Crippen LogP contribution in [-0.2, 0) is 33.2 Å². The van der Waals surface area contributed by atoms with Gasteiger partial charge >= 0.3 is 0 Å². The fourth-order valence-electron chi connectivity index (χ4n) is 15.8. The second-order valence-corrected chi connectivity index (χ2v) is 23.8. The highest BCUT2D eigenvalue weighted by Gasteiger charge is 2.79. The molecule has 0 amide bonds. The second-order valence-electron chi connectivity index (χ2n) is 23.8. The number of fused-ring (bicyclic) bond motifs is 4. The molecule has 0 aromatic heterocycles. The average Bonchev–Trinajstić information content (AvgIpc) is 3.55. The molecule has 0 radical (unpaired) electrons. The van der Waals surface area contributed by atoms with Crippen molar-refractivity contribution in [2.45, 2.75) is 210 Å². The highest BCUT2D eigenvalue weighted by Crippen LogP contribution is 2.79. The summed E-state index contributed by atoms with van der Waals surface area (Å²) in [7, 11) is 0. The Balaban J connectivity index is 0.953. The number of allylic oxidation sites excluding steroid dienone is 1. The Kier molecular flexibility index (Phi) is 12.9. The van der Waals surface area contributed by atoms with Crippen LogP contribution in [0.15, 0.2) is 12.2 Å². The third kappa shape index (κ3) is 7.01. The number of aliphatic hydroxyl groups excluding tert-OH is 11. The van der Waals surface area contributed by atoms with Gasteiger partial charge in [0, 0.05) is 22.2 Å². The maximum Gasteiger partial charge on any atom is 0.187 e. The van der Waals surface area contributed by atoms with Gasteiger partial charge in [0.1, 0.15) is 67.1 Å². The molecule has 18 nitrogen and oxygen atoms in total. The summed E-state index contributed by atoms with van der Waals surface area (Å²) >= 11 is 0. The molecule has 4 heterocycles. The van der Waals surface area contributed by atoms with Crippen molar-refractivity contribution in [3.8, 4) is 0 Å². The van der Waals surface area contributed by atoms with Gasteiger partial charge < -0.3 is 89.3 Å². The largest absolute Gasteiger partial charge is 0.396 e. The van der Waals surface area contributed by atoms with E-state index in [2.05, 4.69) is 46.8 Å². The van der Waals surface area contributed by atoms with Crippen LogP contribution in [-0.4, -0.2) is 193 Å². The Hall–Kier alpha value is -0.980. The summed E-state index contributed by atoms with van der Waals surface area (Å²) in [4.78, 5) is 0. The van der Waals surface area contributed by atoms with E-state index in [-0.39, 0.29) is 51.4 Å². The zero-order valence-electron chi connectivity index (χ0n) is 39.5. The summed E-state index contributed by atoms with van der Waals surface area (Å²) in [6.07, 6.45) is -14.0. The molecule has 0 aromatic rings. The number of ether oxygens (including phenoxy) is 7. The molecule has 0 aromatic carbocycles. The minimum Gasteiger partial charge on any atom is -0.396 e. The van der Waals surface area contributed by atoms with Gasteiger partial charge in [-0.25, -0.2) is 0 Å². The van der Waals surface area contributed by atoms with E-state index in [9.17, 15) is 56.2 Å². The van der Waals surface area contributed by atoms with Crippen LogP contribution >= 0.6 is 0 Å². The van der Waals surface area contributed by atoms with Crippen LogP contribution in [0.1, 0.15) is 99.8 Å². The SMILES string of the molecule is C[C@H]1O[C@@H](O[C@H]2CC[C@@]3(C)[C@@H](CC[C@]4(C)[C@@H]3C=C[C@]35OC[C@@]6(CCC(C)(C)CC63)[C@H](O)C[C@]54C)[C@]2(C)CO)[C@H](O)[C@@H](O[C@@H]2O[C@H](CO)[C@@H](O)[C@H](O)[C@H]2O[C@@H]2O[C@H](CO)[C@@H](O)[C@H](O)[C@H]2O)[C@H]1O. The summed E-state index contributed by atoms with van der Waals surface area (Å²) in [5.74, 6) is 0.277. The van der Waals surface area contributed by atoms with Crippen LogP contribution in [0, 0.1) is 50.2 Å². The summed E-state index contributed by atoms with van der Waals surface area (Å²) in [6.45, 7) is 14.2. The van der Waals surface area contributed by atoms with Crippen molar-refractivity contribution in [2.75, 3.05) is 26.4 Å². The summed E-state index contributed by atoms with van der Waals surface area (Å²) in [5.41, 5.74) is -2.28. The molecule has 2 bridgehead atoms. The summed E-state index contributed by atoms with van der Waals surface area (Å²) in [6, 6.07) is 0. The third-order valence-electron chi connectivity index (χ3n) is 20.0. The Bertz CT molecular complexity index is 1800. The molecule has 26 atom stereocenters. The Morgan fingerprint density at radius 1 is 0.606 bits per heavy atom. The number of hydrogen-bond donors (Lipinski definition) is 11. The van der Waals surface area contributed by atoms with Gasteiger partial charge in [0.25, 0.3) is 0 Å². The lowest BCUT2D eigenvalue weighted by Crippen LogP contribution is -2.72. The average molecular weight is 943 g/mol. The molecule has 4 saturated carbocycles. The quantitative estimate of drug-likeness (QED) is 0.104. The first-order valence-electron chi connectivity index (χ1n) is 24.5. The first-order valence-corrected chi connectivity index (χ1v) is 24.5. The molecule has 5 aliphatic carbocycles. The van der Waals surface area contributed by atoms with Crippen LogP contribution in [0.25, 0.3) is 0 Å². The van der Waals surface area contributed by atoms with Gasteiger partial charge in [-0.3, -0.25) is 0 Å². The molecule has 18 heteroatoms. The monoisotopic (exact) mass is 943 g/mol. The molecule has 8 fully saturated rings. The van der Waals surface area contributed by atoms with Crippen molar-refractivity contribution in [2.24, 2.45) is 50.2 Å². The van der Waals surface area contributed by atoms with Gasteiger partial charge in [-0.1, -0.05) is 53.7 Å². The predicted octanol–water partition coefficient (Wildman–Crippen LogP) is -0.399. The highest BCUT2D eigenvalue weighted by atomic mass is 16.8. The molecule has 66 heavy (non-hydrogen) atoms. The van der Waals surface area contributed by atoms with E-state index < -0.39 is 129 Å². The molecule has 9 aliphatic rings. The Morgan fingerprint density at radius 2 is 1.24 bits per heavy atom. The number of hydrogen-bond acceptors (Lipinski definition) is 18. The fraction of sp³-hybridized carbons (Fsp3) is 0.958. The molecule has 9 rings (SSSR count). The predicted molar refractivity (Wildman–Crippen MR) is 229 cm³/mol. The molecule has 4 aliphatic heterocycles. The van der Waals surface area contributed by atoms with Crippen LogP contribution in [0.2, 0.25) is 0 Å². The van der Waals surface area contributed by atoms with Gasteiger partial charge in [-0.15, -0.1) is 0 Å². The Labute approximate surface area is 387 Å². The molecular formula is C48H78O18. The normalized spacial score (nSPS) is 58.8. The van der Waals surface area contributed by atoms with E-state index in [0.29, 0.717) is 19.4 Å². The Morgan fingerprint density at radius 3 is 1.91 bits per heavy atom. The molecule has 1 spiro atoms. The maximum atomic E-state index is 12.2. The van der Waals surface area contributed by atoms with Crippen LogP contribution in [0.5, 0.6) is 0 Å². The molecular weight excluding hydrogens is 865 g/mol. The minimum absolute atomic E-state index is 0.0325. The van der Waals surface area contributed by atoms with Crippen LogP contribution < -0.4 is 0 Å². The summed E-state index contributed by atoms with van der Waals surface area (Å²) in [5, 5.41) is 120. The lowest BCUT2D eigenvalue weighted by molar-refractivity contribution is -0.391. The van der Waals surface area contributed by atoms with Crippen molar-refractivity contribution in [1.29, 1.82) is 0 Å². The standard InChI is InChI=1S/C48H78O18/c1-22-30(53)37(65-41-38(34(57)32(55)24(19-50)63-41)66-39-35(58)33(56)31(54)23(18-49)62-39)36(59)40(61-22)64-29-10-11-43(4)25(44(29,5)20-51)8-12-45(6)26(43)9-13-48-27-16-42(2,3)14-15-47(27,21-60-48)28(52)17-46(45,48)7/h9,13,22-41,49-59H,8,10-12,14-21H2,1-7H3/t22-,23-,24-,25-,26-,27?,28-,29+,30+,31-,32-,33+,34+,35-,36-,37+,38-,39+,40+,41+,43+,44+,45-,46+,47-,48+/m1/s1. The van der Waals surface area contributed by atoms with E-state index in [4.69, 9.17) is 33.2 Å². The summed E-state index contributed by atoms with van der Waals surface area (Å²) < 4.78 is 43.3. The van der Waals surface area contributed by atoms with Crippen LogP contribution in [0.4, 0.5) is 0 Å². The molecule has 11 N–H and O–H groups in total. The number of aliphatic hydroxyl groups is 11. The lowest BCUT2D eigenvalue weighted by Gasteiger charge is -2.73. The van der Waals surface area contributed by atoms with Crippen molar-refractivity contribution < 1.29 is 89.3 Å². The van der Waals surface area contributed by atoms with E-state index in [0.717, 1.165) is 38.5 Å². The van der Waals surface area contributed by atoms with Gasteiger partial charge in [-0.2, -0.15) is 0 Å². The van der Waals surface area contributed by atoms with Crippen molar-refractivity contribution in [3.63, 3.8) is 0 Å². The van der Waals surface area contributed by atoms with Gasteiger partial charge in [0.05, 0.1) is 50.3 Å². The van der Waals surface area contributed by atoms with E-state index in [1.165, 1.54) is 0 Å². The zero-order valence-corrected chi connectivity index (χ0v) is 39.5. The van der Waals surface area contributed by atoms with Crippen LogP contribution in [0.3, 0.4) is 0 Å².